The van der Waals surface area contributed by atoms with Crippen molar-refractivity contribution in [3.63, 3.8) is 0 Å². The molecule has 8 nitrogen and oxygen atoms in total. The predicted octanol–water partition coefficient (Wildman–Crippen LogP) is 0.955. The summed E-state index contributed by atoms with van der Waals surface area (Å²) in [5, 5.41) is 11.8. The highest BCUT2D eigenvalue weighted by atomic mass is 16.4. The zero-order valence-electron chi connectivity index (χ0n) is 17.0. The molecule has 0 saturated carbocycles. The third kappa shape index (κ3) is 7.19. The summed E-state index contributed by atoms with van der Waals surface area (Å²) in [4.78, 5) is 51.2. The number of piperidine rings is 1. The highest BCUT2D eigenvalue weighted by molar-refractivity contribution is 5.90. The van der Waals surface area contributed by atoms with E-state index < -0.39 is 17.9 Å². The number of rotatable bonds is 8. The van der Waals surface area contributed by atoms with E-state index in [1.807, 2.05) is 27.7 Å². The maximum Gasteiger partial charge on any atom is 0.306 e. The SMILES string of the molecule is CC(C)CC(=O)NC(C(=O)N(C)CC(=O)N1CCC(C(=O)O)CC1)C(C)C. The largest absolute Gasteiger partial charge is 0.481 e. The Labute approximate surface area is 161 Å². The van der Waals surface area contributed by atoms with E-state index in [2.05, 4.69) is 5.32 Å². The number of hydrogen-bond acceptors (Lipinski definition) is 4. The number of carboxylic acid groups (broad SMARTS) is 1. The van der Waals surface area contributed by atoms with Gasteiger partial charge in [-0.3, -0.25) is 19.2 Å². The minimum Gasteiger partial charge on any atom is -0.481 e. The molecule has 1 aliphatic rings. The van der Waals surface area contributed by atoms with E-state index in [4.69, 9.17) is 5.11 Å². The van der Waals surface area contributed by atoms with Gasteiger partial charge in [0.1, 0.15) is 6.04 Å². The molecule has 0 aromatic carbocycles. The average Bonchev–Trinajstić information content (AvgIpc) is 2.58. The van der Waals surface area contributed by atoms with E-state index in [1.165, 1.54) is 4.90 Å². The highest BCUT2D eigenvalue weighted by Gasteiger charge is 2.31. The lowest BCUT2D eigenvalue weighted by atomic mass is 9.97. The van der Waals surface area contributed by atoms with Crippen molar-refractivity contribution in [1.82, 2.24) is 15.1 Å². The van der Waals surface area contributed by atoms with Crippen molar-refractivity contribution in [2.75, 3.05) is 26.7 Å². The van der Waals surface area contributed by atoms with Crippen LogP contribution < -0.4 is 5.32 Å². The van der Waals surface area contributed by atoms with Crippen molar-refractivity contribution >= 4 is 23.7 Å². The molecule has 1 atom stereocenters. The average molecular weight is 383 g/mol. The normalized spacial score (nSPS) is 16.3. The molecular formula is C19H33N3O5. The molecule has 0 radical (unpaired) electrons. The highest BCUT2D eigenvalue weighted by Crippen LogP contribution is 2.17. The number of carbonyl (C=O) groups excluding carboxylic acids is 3. The summed E-state index contributed by atoms with van der Waals surface area (Å²) in [5.41, 5.74) is 0. The maximum absolute atomic E-state index is 12.7. The quantitative estimate of drug-likeness (QED) is 0.649. The fourth-order valence-electron chi connectivity index (χ4n) is 3.11. The molecule has 1 heterocycles. The number of amides is 3. The zero-order valence-corrected chi connectivity index (χ0v) is 17.0. The molecule has 0 spiro atoms. The Morgan fingerprint density at radius 3 is 2.11 bits per heavy atom. The van der Waals surface area contributed by atoms with Crippen LogP contribution in [-0.4, -0.2) is 71.3 Å². The summed E-state index contributed by atoms with van der Waals surface area (Å²) in [6, 6.07) is -0.674. The molecule has 1 rings (SSSR count). The first-order chi connectivity index (χ1) is 12.5. The molecule has 154 valence electrons. The van der Waals surface area contributed by atoms with Crippen LogP contribution in [0.2, 0.25) is 0 Å². The summed E-state index contributed by atoms with van der Waals surface area (Å²) in [7, 11) is 1.55. The molecule has 0 aromatic rings. The van der Waals surface area contributed by atoms with Gasteiger partial charge in [0.05, 0.1) is 12.5 Å². The van der Waals surface area contributed by atoms with E-state index in [0.717, 1.165) is 0 Å². The van der Waals surface area contributed by atoms with Crippen LogP contribution in [0.1, 0.15) is 47.0 Å². The molecule has 1 unspecified atom stereocenters. The molecule has 3 amide bonds. The number of nitrogens with zero attached hydrogens (tertiary/aromatic N) is 2. The number of aliphatic carboxylic acids is 1. The topological polar surface area (TPSA) is 107 Å². The lowest BCUT2D eigenvalue weighted by molar-refractivity contribution is -0.147. The lowest BCUT2D eigenvalue weighted by Crippen LogP contribution is -2.53. The Morgan fingerprint density at radius 1 is 1.11 bits per heavy atom. The third-order valence-corrected chi connectivity index (χ3v) is 4.79. The van der Waals surface area contributed by atoms with Crippen LogP contribution in [0.4, 0.5) is 0 Å². The number of likely N-dealkylation sites (N-methyl/N-ethyl adjacent to an activating group) is 1. The Hall–Kier alpha value is -2.12. The summed E-state index contributed by atoms with van der Waals surface area (Å²) >= 11 is 0. The van der Waals surface area contributed by atoms with Gasteiger partial charge in [0.2, 0.25) is 17.7 Å². The minimum absolute atomic E-state index is 0.0835. The number of nitrogens with one attached hydrogen (secondary N) is 1. The number of hydrogen-bond donors (Lipinski definition) is 2. The Balaban J connectivity index is 2.61. The Bertz CT molecular complexity index is 554. The fraction of sp³-hybridized carbons (Fsp3) is 0.789. The van der Waals surface area contributed by atoms with Gasteiger partial charge in [0.25, 0.3) is 0 Å². The van der Waals surface area contributed by atoms with Crippen molar-refractivity contribution in [3.05, 3.63) is 0 Å². The van der Waals surface area contributed by atoms with Gasteiger partial charge in [-0.25, -0.2) is 0 Å². The van der Waals surface area contributed by atoms with Crippen molar-refractivity contribution < 1.29 is 24.3 Å². The van der Waals surface area contributed by atoms with Gasteiger partial charge in [-0.15, -0.1) is 0 Å². The zero-order chi connectivity index (χ0) is 20.7. The predicted molar refractivity (Wildman–Crippen MR) is 101 cm³/mol. The van der Waals surface area contributed by atoms with Crippen LogP contribution >= 0.6 is 0 Å². The second-order valence-electron chi connectivity index (χ2n) is 8.07. The van der Waals surface area contributed by atoms with Gasteiger partial charge in [-0.05, 0) is 24.7 Å². The lowest BCUT2D eigenvalue weighted by Gasteiger charge is -2.32. The molecule has 8 heteroatoms. The number of carbonyl (C=O) groups is 4. The molecule has 1 saturated heterocycles. The first kappa shape index (κ1) is 22.9. The second-order valence-corrected chi connectivity index (χ2v) is 8.07. The molecule has 0 aromatic heterocycles. The van der Waals surface area contributed by atoms with Gasteiger partial charge in [-0.1, -0.05) is 27.7 Å². The smallest absolute Gasteiger partial charge is 0.306 e. The molecular weight excluding hydrogens is 350 g/mol. The van der Waals surface area contributed by atoms with Gasteiger partial charge in [-0.2, -0.15) is 0 Å². The van der Waals surface area contributed by atoms with Gasteiger partial charge in [0, 0.05) is 26.6 Å². The molecule has 1 fully saturated rings. The van der Waals surface area contributed by atoms with Crippen LogP contribution in [-0.2, 0) is 19.2 Å². The van der Waals surface area contributed by atoms with Crippen LogP contribution in [0.5, 0.6) is 0 Å². The maximum atomic E-state index is 12.7. The summed E-state index contributed by atoms with van der Waals surface area (Å²) in [5.74, 6) is -1.81. The third-order valence-electron chi connectivity index (χ3n) is 4.79. The first-order valence-electron chi connectivity index (χ1n) is 9.57. The van der Waals surface area contributed by atoms with Crippen LogP contribution in [0.3, 0.4) is 0 Å². The summed E-state index contributed by atoms with van der Waals surface area (Å²) in [6.07, 6.45) is 1.20. The van der Waals surface area contributed by atoms with Crippen molar-refractivity contribution in [2.45, 2.75) is 53.0 Å². The van der Waals surface area contributed by atoms with Crippen molar-refractivity contribution in [3.8, 4) is 0 Å². The fourth-order valence-corrected chi connectivity index (χ4v) is 3.11. The van der Waals surface area contributed by atoms with Crippen LogP contribution in [0.15, 0.2) is 0 Å². The van der Waals surface area contributed by atoms with Crippen molar-refractivity contribution in [2.24, 2.45) is 17.8 Å². The van der Waals surface area contributed by atoms with E-state index in [0.29, 0.717) is 32.4 Å². The van der Waals surface area contributed by atoms with Gasteiger partial charge < -0.3 is 20.2 Å². The summed E-state index contributed by atoms with van der Waals surface area (Å²) < 4.78 is 0. The van der Waals surface area contributed by atoms with Gasteiger partial charge in [0.15, 0.2) is 0 Å². The number of carboxylic acids is 1. The molecule has 2 N–H and O–H groups in total. The molecule has 0 aliphatic carbocycles. The van der Waals surface area contributed by atoms with Crippen LogP contribution in [0, 0.1) is 17.8 Å². The standard InChI is InChI=1S/C19H33N3O5/c1-12(2)10-15(23)20-17(13(3)4)18(25)21(5)11-16(24)22-8-6-14(7-9-22)19(26)27/h12-14,17H,6-11H2,1-5H3,(H,20,23)(H,26,27). The molecule has 27 heavy (non-hydrogen) atoms. The van der Waals surface area contributed by atoms with E-state index >= 15 is 0 Å². The molecule has 0 bridgehead atoms. The van der Waals surface area contributed by atoms with E-state index in [1.54, 1.807) is 11.9 Å². The monoisotopic (exact) mass is 383 g/mol. The van der Waals surface area contributed by atoms with E-state index in [9.17, 15) is 19.2 Å². The first-order valence-corrected chi connectivity index (χ1v) is 9.57. The Morgan fingerprint density at radius 2 is 1.67 bits per heavy atom. The van der Waals surface area contributed by atoms with Crippen LogP contribution in [0.25, 0.3) is 0 Å². The summed E-state index contributed by atoms with van der Waals surface area (Å²) in [6.45, 7) is 8.26. The van der Waals surface area contributed by atoms with Crippen molar-refractivity contribution in [1.29, 1.82) is 0 Å². The second kappa shape index (κ2) is 10.3. The minimum atomic E-state index is -0.827. The molecule has 1 aliphatic heterocycles. The Kier molecular flexibility index (Phi) is 8.72. The van der Waals surface area contributed by atoms with E-state index in [-0.39, 0.29) is 36.1 Å². The van der Waals surface area contributed by atoms with Gasteiger partial charge >= 0.3 is 5.97 Å². The number of likely N-dealkylation sites (tertiary alicyclic amines) is 1.